The van der Waals surface area contributed by atoms with Crippen LogP contribution < -0.4 is 5.32 Å². The zero-order valence-electron chi connectivity index (χ0n) is 11.2. The van der Waals surface area contributed by atoms with E-state index in [1.165, 1.54) is 16.9 Å². The maximum atomic E-state index is 4.35. The average Bonchev–Trinajstić information content (AvgIpc) is 2.91. The summed E-state index contributed by atoms with van der Waals surface area (Å²) in [6.07, 6.45) is 3.58. The molecule has 99 valence electrons. The second kappa shape index (κ2) is 5.38. The Kier molecular flexibility index (Phi) is 3.43. The quantitative estimate of drug-likeness (QED) is 0.794. The van der Waals surface area contributed by atoms with Crippen molar-refractivity contribution in [3.8, 4) is 10.4 Å². The third-order valence-electron chi connectivity index (χ3n) is 2.80. The van der Waals surface area contributed by atoms with Crippen molar-refractivity contribution in [2.45, 2.75) is 13.8 Å². The molecule has 2 heterocycles. The lowest BCUT2D eigenvalue weighted by molar-refractivity contribution is 1.10. The number of nitrogens with one attached hydrogen (secondary N) is 1. The fraction of sp³-hybridized carbons (Fsp3) is 0.133. The molecule has 3 aromatic rings. The third-order valence-corrected chi connectivity index (χ3v) is 3.56. The van der Waals surface area contributed by atoms with Gasteiger partial charge in [0.15, 0.2) is 5.51 Å². The number of anilines is 2. The van der Waals surface area contributed by atoms with Crippen molar-refractivity contribution in [3.05, 3.63) is 53.4 Å². The van der Waals surface area contributed by atoms with Gasteiger partial charge in [-0.25, -0.2) is 15.0 Å². The number of aromatic nitrogens is 3. The largest absolute Gasteiger partial charge is 0.324 e. The van der Waals surface area contributed by atoms with Crippen LogP contribution in [0.5, 0.6) is 0 Å². The molecule has 0 saturated heterocycles. The first-order valence-corrected chi connectivity index (χ1v) is 7.03. The van der Waals surface area contributed by atoms with Crippen LogP contribution in [0.3, 0.4) is 0 Å². The fourth-order valence-corrected chi connectivity index (χ4v) is 2.50. The standard InChI is InChI=1S/C15H13N4S/c1-10-5-12(14-8-16-9-20-14)7-13(6-10)19-15-17-4-3-11(2)18-15/h3-8H,1-2H3,(H,17,18,19). The van der Waals surface area contributed by atoms with Crippen LogP contribution in [-0.4, -0.2) is 15.0 Å². The Labute approximate surface area is 121 Å². The maximum Gasteiger partial charge on any atom is 0.227 e. The average molecular weight is 281 g/mol. The van der Waals surface area contributed by atoms with E-state index in [0.717, 1.165) is 21.8 Å². The number of thiazole rings is 1. The molecule has 5 heteroatoms. The normalized spacial score (nSPS) is 10.5. The maximum absolute atomic E-state index is 4.35. The summed E-state index contributed by atoms with van der Waals surface area (Å²) in [7, 11) is 0. The molecule has 0 aliphatic heterocycles. The van der Waals surface area contributed by atoms with E-state index in [-0.39, 0.29) is 0 Å². The highest BCUT2D eigenvalue weighted by atomic mass is 32.1. The van der Waals surface area contributed by atoms with Gasteiger partial charge in [0.25, 0.3) is 0 Å². The molecule has 1 radical (unpaired) electrons. The molecular weight excluding hydrogens is 268 g/mol. The lowest BCUT2D eigenvalue weighted by Gasteiger charge is -2.08. The molecule has 1 aromatic carbocycles. The van der Waals surface area contributed by atoms with Crippen LogP contribution in [0, 0.1) is 19.4 Å². The summed E-state index contributed by atoms with van der Waals surface area (Å²) >= 11 is 1.51. The molecule has 4 nitrogen and oxygen atoms in total. The van der Waals surface area contributed by atoms with Gasteiger partial charge in [0.2, 0.25) is 5.95 Å². The van der Waals surface area contributed by atoms with Gasteiger partial charge in [0, 0.05) is 23.8 Å². The van der Waals surface area contributed by atoms with E-state index < -0.39 is 0 Å². The molecule has 0 unspecified atom stereocenters. The van der Waals surface area contributed by atoms with Gasteiger partial charge in [-0.05, 0) is 43.2 Å². The molecule has 20 heavy (non-hydrogen) atoms. The molecule has 0 amide bonds. The van der Waals surface area contributed by atoms with E-state index >= 15 is 0 Å². The van der Waals surface area contributed by atoms with Gasteiger partial charge in [0.1, 0.15) is 0 Å². The molecule has 3 rings (SSSR count). The molecule has 2 aromatic heterocycles. The molecular formula is C15H13N4S. The first-order chi connectivity index (χ1) is 9.70. The number of rotatable bonds is 3. The Morgan fingerprint density at radius 2 is 2.10 bits per heavy atom. The van der Waals surface area contributed by atoms with Crippen molar-refractivity contribution in [3.63, 3.8) is 0 Å². The van der Waals surface area contributed by atoms with Crippen molar-refractivity contribution < 1.29 is 0 Å². The van der Waals surface area contributed by atoms with E-state index in [9.17, 15) is 0 Å². The minimum Gasteiger partial charge on any atom is -0.324 e. The fourth-order valence-electron chi connectivity index (χ4n) is 1.96. The van der Waals surface area contributed by atoms with Gasteiger partial charge in [-0.2, -0.15) is 0 Å². The van der Waals surface area contributed by atoms with Crippen LogP contribution in [0.25, 0.3) is 10.4 Å². The zero-order valence-corrected chi connectivity index (χ0v) is 12.0. The predicted octanol–water partition coefficient (Wildman–Crippen LogP) is 3.76. The van der Waals surface area contributed by atoms with E-state index in [1.54, 1.807) is 6.20 Å². The van der Waals surface area contributed by atoms with E-state index in [0.29, 0.717) is 5.95 Å². The summed E-state index contributed by atoms with van der Waals surface area (Å²) in [6, 6.07) is 8.14. The van der Waals surface area contributed by atoms with Crippen LogP contribution in [0.15, 0.2) is 36.7 Å². The zero-order chi connectivity index (χ0) is 13.9. The Balaban J connectivity index is 1.94. The van der Waals surface area contributed by atoms with Crippen molar-refractivity contribution in [1.82, 2.24) is 15.0 Å². The highest BCUT2D eigenvalue weighted by Gasteiger charge is 2.05. The van der Waals surface area contributed by atoms with Crippen LogP contribution >= 0.6 is 11.3 Å². The summed E-state index contributed by atoms with van der Waals surface area (Å²) in [5, 5.41) is 3.24. The second-order valence-corrected chi connectivity index (χ2v) is 5.38. The summed E-state index contributed by atoms with van der Waals surface area (Å²) < 4.78 is 0. The summed E-state index contributed by atoms with van der Waals surface area (Å²) in [6.45, 7) is 4.01. The van der Waals surface area contributed by atoms with Gasteiger partial charge in [-0.3, -0.25) is 0 Å². The first-order valence-electron chi connectivity index (χ1n) is 6.21. The van der Waals surface area contributed by atoms with E-state index in [2.05, 4.69) is 50.9 Å². The van der Waals surface area contributed by atoms with Gasteiger partial charge in [0.05, 0.1) is 4.88 Å². The monoisotopic (exact) mass is 281 g/mol. The number of hydrogen-bond donors (Lipinski definition) is 1. The number of hydrogen-bond acceptors (Lipinski definition) is 5. The Morgan fingerprint density at radius 3 is 2.85 bits per heavy atom. The third kappa shape index (κ3) is 2.83. The van der Waals surface area contributed by atoms with Gasteiger partial charge in [-0.15, -0.1) is 11.3 Å². The minimum atomic E-state index is 0.609. The molecule has 0 aliphatic rings. The highest BCUT2D eigenvalue weighted by Crippen LogP contribution is 2.28. The first kappa shape index (κ1) is 12.7. The molecule has 1 N–H and O–H groups in total. The lowest BCUT2D eigenvalue weighted by atomic mass is 10.1. The SMILES string of the molecule is Cc1cc(Nc2nccc(C)n2)cc(-c2cn[c]s2)c1. The summed E-state index contributed by atoms with van der Waals surface area (Å²) in [4.78, 5) is 13.7. The van der Waals surface area contributed by atoms with Crippen molar-refractivity contribution in [2.75, 3.05) is 5.32 Å². The Hall–Kier alpha value is -2.27. The second-order valence-electron chi connectivity index (χ2n) is 4.55. The Bertz CT molecular complexity index is 722. The van der Waals surface area contributed by atoms with Crippen LogP contribution in [0.4, 0.5) is 11.6 Å². The van der Waals surface area contributed by atoms with E-state index in [4.69, 9.17) is 0 Å². The van der Waals surface area contributed by atoms with E-state index in [1.807, 2.05) is 19.2 Å². The van der Waals surface area contributed by atoms with Crippen LogP contribution in [0.2, 0.25) is 0 Å². The Morgan fingerprint density at radius 1 is 1.20 bits per heavy atom. The topological polar surface area (TPSA) is 50.7 Å². The molecule has 0 atom stereocenters. The minimum absolute atomic E-state index is 0.609. The van der Waals surface area contributed by atoms with Crippen molar-refractivity contribution in [1.29, 1.82) is 0 Å². The van der Waals surface area contributed by atoms with Gasteiger partial charge < -0.3 is 5.32 Å². The van der Waals surface area contributed by atoms with Crippen molar-refractivity contribution in [2.24, 2.45) is 0 Å². The van der Waals surface area contributed by atoms with Crippen LogP contribution in [0.1, 0.15) is 11.3 Å². The lowest BCUT2D eigenvalue weighted by Crippen LogP contribution is -1.98. The van der Waals surface area contributed by atoms with Crippen LogP contribution in [-0.2, 0) is 0 Å². The molecule has 0 saturated carbocycles. The summed E-state index contributed by atoms with van der Waals surface area (Å²) in [5.41, 5.74) is 7.08. The number of nitrogens with zero attached hydrogens (tertiary/aromatic N) is 3. The number of benzene rings is 1. The van der Waals surface area contributed by atoms with Gasteiger partial charge >= 0.3 is 0 Å². The number of aryl methyl sites for hydroxylation is 2. The predicted molar refractivity (Wildman–Crippen MR) is 81.2 cm³/mol. The summed E-state index contributed by atoms with van der Waals surface area (Å²) in [5.74, 6) is 0.609. The molecule has 0 bridgehead atoms. The molecule has 0 spiro atoms. The highest BCUT2D eigenvalue weighted by molar-refractivity contribution is 7.12. The molecule has 0 fully saturated rings. The smallest absolute Gasteiger partial charge is 0.227 e. The molecule has 0 aliphatic carbocycles. The van der Waals surface area contributed by atoms with Gasteiger partial charge in [-0.1, -0.05) is 6.07 Å². The van der Waals surface area contributed by atoms with Crippen molar-refractivity contribution >= 4 is 23.0 Å².